The monoisotopic (exact) mass is 299 g/mol. The van der Waals surface area contributed by atoms with Crippen LogP contribution in [0.1, 0.15) is 16.8 Å². The Morgan fingerprint density at radius 3 is 3.06 bits per heavy atom. The number of halogens is 1. The Labute approximate surface area is 108 Å². The average Bonchev–Trinajstić information content (AvgIpc) is 2.82. The van der Waals surface area contributed by atoms with Crippen molar-refractivity contribution >= 4 is 21.8 Å². The maximum absolute atomic E-state index is 12.0. The summed E-state index contributed by atoms with van der Waals surface area (Å²) in [5.74, 6) is 0.548. The first kappa shape index (κ1) is 12.4. The lowest BCUT2D eigenvalue weighted by Crippen LogP contribution is -2.35. The van der Waals surface area contributed by atoms with E-state index in [-0.39, 0.29) is 11.9 Å². The van der Waals surface area contributed by atoms with Gasteiger partial charge in [0.2, 0.25) is 0 Å². The lowest BCUT2D eigenvalue weighted by atomic mass is 10.1. The number of carbonyl (C=O) groups excluding carboxylic acids is 1. The summed E-state index contributed by atoms with van der Waals surface area (Å²) in [5, 5.41) is 2.94. The Morgan fingerprint density at radius 1 is 1.59 bits per heavy atom. The van der Waals surface area contributed by atoms with Crippen molar-refractivity contribution in [2.24, 2.45) is 0 Å². The van der Waals surface area contributed by atoms with Gasteiger partial charge in [-0.25, -0.2) is 0 Å². The smallest absolute Gasteiger partial charge is 0.252 e. The van der Waals surface area contributed by atoms with Crippen molar-refractivity contribution in [2.45, 2.75) is 12.5 Å². The highest BCUT2D eigenvalue weighted by Crippen LogP contribution is 2.28. The Balaban J connectivity index is 2.12. The molecule has 0 saturated carbocycles. The van der Waals surface area contributed by atoms with E-state index < -0.39 is 0 Å². The van der Waals surface area contributed by atoms with Gasteiger partial charge >= 0.3 is 0 Å². The van der Waals surface area contributed by atoms with Crippen LogP contribution in [0.2, 0.25) is 0 Å². The molecule has 1 fully saturated rings. The number of amides is 1. The highest BCUT2D eigenvalue weighted by Gasteiger charge is 2.20. The van der Waals surface area contributed by atoms with E-state index >= 15 is 0 Å². The van der Waals surface area contributed by atoms with E-state index in [4.69, 9.17) is 9.47 Å². The molecule has 1 N–H and O–H groups in total. The summed E-state index contributed by atoms with van der Waals surface area (Å²) < 4.78 is 11.1. The largest absolute Gasteiger partial charge is 0.496 e. The van der Waals surface area contributed by atoms with E-state index in [1.165, 1.54) is 0 Å². The van der Waals surface area contributed by atoms with E-state index in [2.05, 4.69) is 21.2 Å². The molecule has 17 heavy (non-hydrogen) atoms. The van der Waals surface area contributed by atoms with Crippen LogP contribution in [-0.4, -0.2) is 32.3 Å². The molecule has 1 heterocycles. The van der Waals surface area contributed by atoms with Gasteiger partial charge in [0.15, 0.2) is 0 Å². The Hall–Kier alpha value is -1.07. The van der Waals surface area contributed by atoms with Crippen LogP contribution in [0, 0.1) is 0 Å². The lowest BCUT2D eigenvalue weighted by molar-refractivity contribution is 0.0928. The molecule has 0 aromatic heterocycles. The molecule has 1 amide bonds. The Morgan fingerprint density at radius 2 is 2.41 bits per heavy atom. The quantitative estimate of drug-likeness (QED) is 0.928. The summed E-state index contributed by atoms with van der Waals surface area (Å²) in [4.78, 5) is 12.0. The second-order valence-corrected chi connectivity index (χ2v) is 4.65. The second-order valence-electron chi connectivity index (χ2n) is 3.86. The van der Waals surface area contributed by atoms with Crippen LogP contribution >= 0.6 is 15.9 Å². The average molecular weight is 300 g/mol. The summed E-state index contributed by atoms with van der Waals surface area (Å²) in [5.41, 5.74) is 0.580. The van der Waals surface area contributed by atoms with Gasteiger partial charge in [-0.1, -0.05) is 6.07 Å². The van der Waals surface area contributed by atoms with Gasteiger partial charge in [-0.15, -0.1) is 0 Å². The van der Waals surface area contributed by atoms with Crippen LogP contribution in [0.15, 0.2) is 22.7 Å². The summed E-state index contributed by atoms with van der Waals surface area (Å²) in [6.45, 7) is 1.30. The highest BCUT2D eigenvalue weighted by molar-refractivity contribution is 9.10. The normalized spacial score (nSPS) is 19.1. The number of nitrogens with one attached hydrogen (secondary N) is 1. The van der Waals surface area contributed by atoms with Gasteiger partial charge in [0.1, 0.15) is 5.75 Å². The Bertz CT molecular complexity index is 416. The third-order valence-corrected chi connectivity index (χ3v) is 3.51. The van der Waals surface area contributed by atoms with Crippen LogP contribution in [0.3, 0.4) is 0 Å². The molecule has 0 bridgehead atoms. The van der Waals surface area contributed by atoms with Crippen LogP contribution in [0.5, 0.6) is 5.75 Å². The number of benzene rings is 1. The number of hydrogen-bond donors (Lipinski definition) is 1. The number of ether oxygens (including phenoxy) is 2. The van der Waals surface area contributed by atoms with Gasteiger partial charge in [0.05, 0.1) is 29.8 Å². The molecule has 1 aliphatic rings. The van der Waals surface area contributed by atoms with Gasteiger partial charge in [-0.3, -0.25) is 4.79 Å². The molecular formula is C12H14BrNO3. The predicted molar refractivity (Wildman–Crippen MR) is 67.4 cm³/mol. The van der Waals surface area contributed by atoms with E-state index in [1.807, 2.05) is 0 Å². The second kappa shape index (κ2) is 5.51. The molecule has 0 aliphatic carbocycles. The number of hydrogen-bond acceptors (Lipinski definition) is 3. The number of rotatable bonds is 3. The molecule has 0 spiro atoms. The fourth-order valence-electron chi connectivity index (χ4n) is 1.76. The molecule has 4 nitrogen and oxygen atoms in total. The summed E-state index contributed by atoms with van der Waals surface area (Å²) in [6.07, 6.45) is 0.868. The van der Waals surface area contributed by atoms with Crippen molar-refractivity contribution in [3.8, 4) is 5.75 Å². The lowest BCUT2D eigenvalue weighted by Gasteiger charge is -2.12. The van der Waals surface area contributed by atoms with Gasteiger partial charge in [-0.05, 0) is 34.5 Å². The van der Waals surface area contributed by atoms with E-state index in [1.54, 1.807) is 25.3 Å². The van der Waals surface area contributed by atoms with E-state index in [0.717, 1.165) is 6.42 Å². The van der Waals surface area contributed by atoms with Crippen molar-refractivity contribution < 1.29 is 14.3 Å². The van der Waals surface area contributed by atoms with Gasteiger partial charge in [0, 0.05) is 6.61 Å². The maximum Gasteiger partial charge on any atom is 0.252 e. The standard InChI is InChI=1S/C12H14BrNO3/c1-16-10-4-2-3-9(11(10)13)12(15)14-8-5-6-17-7-8/h2-4,8H,5-7H2,1H3,(H,14,15). The molecule has 1 atom stereocenters. The van der Waals surface area contributed by atoms with Gasteiger partial charge in [0.25, 0.3) is 5.91 Å². The molecule has 1 aliphatic heterocycles. The van der Waals surface area contributed by atoms with Crippen LogP contribution in [0.4, 0.5) is 0 Å². The highest BCUT2D eigenvalue weighted by atomic mass is 79.9. The first-order valence-electron chi connectivity index (χ1n) is 5.43. The predicted octanol–water partition coefficient (Wildman–Crippen LogP) is 1.98. The zero-order valence-corrected chi connectivity index (χ0v) is 11.1. The minimum Gasteiger partial charge on any atom is -0.496 e. The third kappa shape index (κ3) is 2.79. The molecule has 1 aromatic carbocycles. The zero-order chi connectivity index (χ0) is 12.3. The first-order chi connectivity index (χ1) is 8.22. The summed E-state index contributed by atoms with van der Waals surface area (Å²) >= 11 is 3.37. The minimum atomic E-state index is -0.105. The van der Waals surface area contributed by atoms with Crippen LogP contribution in [0.25, 0.3) is 0 Å². The van der Waals surface area contributed by atoms with E-state index in [0.29, 0.717) is 29.0 Å². The SMILES string of the molecule is COc1cccc(C(=O)NC2CCOC2)c1Br. The molecule has 1 aromatic rings. The van der Waals surface area contributed by atoms with Crippen molar-refractivity contribution in [1.82, 2.24) is 5.32 Å². The van der Waals surface area contributed by atoms with Crippen molar-refractivity contribution in [3.05, 3.63) is 28.2 Å². The number of methoxy groups -OCH3 is 1. The summed E-state index contributed by atoms with van der Waals surface area (Å²) in [6, 6.07) is 5.47. The fourth-order valence-corrected chi connectivity index (χ4v) is 2.36. The zero-order valence-electron chi connectivity index (χ0n) is 9.53. The molecule has 92 valence electrons. The van der Waals surface area contributed by atoms with Crippen molar-refractivity contribution in [2.75, 3.05) is 20.3 Å². The third-order valence-electron chi connectivity index (χ3n) is 2.69. The topological polar surface area (TPSA) is 47.6 Å². The first-order valence-corrected chi connectivity index (χ1v) is 6.23. The van der Waals surface area contributed by atoms with Crippen molar-refractivity contribution in [3.63, 3.8) is 0 Å². The molecule has 0 radical (unpaired) electrons. The maximum atomic E-state index is 12.0. The summed E-state index contributed by atoms with van der Waals surface area (Å²) in [7, 11) is 1.58. The number of carbonyl (C=O) groups is 1. The van der Waals surface area contributed by atoms with Gasteiger partial charge < -0.3 is 14.8 Å². The fraction of sp³-hybridized carbons (Fsp3) is 0.417. The van der Waals surface area contributed by atoms with Gasteiger partial charge in [-0.2, -0.15) is 0 Å². The van der Waals surface area contributed by atoms with Crippen molar-refractivity contribution in [1.29, 1.82) is 0 Å². The molecule has 1 unspecified atom stereocenters. The van der Waals surface area contributed by atoms with E-state index in [9.17, 15) is 4.79 Å². The molecule has 5 heteroatoms. The van der Waals surface area contributed by atoms with Crippen LogP contribution in [-0.2, 0) is 4.74 Å². The molecule has 2 rings (SSSR count). The molecule has 1 saturated heterocycles. The Kier molecular flexibility index (Phi) is 4.02. The molecular weight excluding hydrogens is 286 g/mol. The minimum absolute atomic E-state index is 0.105. The van der Waals surface area contributed by atoms with Crippen LogP contribution < -0.4 is 10.1 Å².